The number of carbonyl (C=O) groups excluding carboxylic acids is 1. The molecule has 6 heteroatoms. The Morgan fingerprint density at radius 1 is 1.23 bits per heavy atom. The highest BCUT2D eigenvalue weighted by Gasteiger charge is 2.20. The molecule has 1 fully saturated rings. The highest BCUT2D eigenvalue weighted by Crippen LogP contribution is 2.16. The Hall–Kier alpha value is -2.26. The fourth-order valence-electron chi connectivity index (χ4n) is 2.39. The number of phenolic OH excluding ortho intramolecular Hbond substituents is 1. The van der Waals surface area contributed by atoms with Crippen molar-refractivity contribution >= 4 is 5.91 Å². The lowest BCUT2D eigenvalue weighted by molar-refractivity contribution is -0.133. The minimum atomic E-state index is 0.0960. The topological polar surface area (TPSA) is 76.8 Å². The number of carbonyl (C=O) groups is 1. The fourth-order valence-corrected chi connectivity index (χ4v) is 2.39. The van der Waals surface area contributed by atoms with Gasteiger partial charge in [-0.3, -0.25) is 9.69 Å². The quantitative estimate of drug-likeness (QED) is 0.855. The molecule has 1 aromatic carbocycles. The van der Waals surface area contributed by atoms with Crippen LogP contribution in [0.15, 0.2) is 24.3 Å². The van der Waals surface area contributed by atoms with Crippen molar-refractivity contribution in [2.45, 2.75) is 12.8 Å². The van der Waals surface area contributed by atoms with Crippen LogP contribution in [0.4, 0.5) is 0 Å². The number of piperazine rings is 1. The molecule has 0 aromatic heterocycles. The molecule has 1 aromatic rings. The normalized spacial score (nSPS) is 15.3. The molecule has 22 heavy (non-hydrogen) atoms. The summed E-state index contributed by atoms with van der Waals surface area (Å²) in [5, 5.41) is 17.8. The third kappa shape index (κ3) is 4.93. The molecule has 0 radical (unpaired) electrons. The molecule has 0 bridgehead atoms. The summed E-state index contributed by atoms with van der Waals surface area (Å²) in [6, 6.07) is 8.60. The van der Waals surface area contributed by atoms with Crippen LogP contribution in [0.2, 0.25) is 0 Å². The van der Waals surface area contributed by atoms with Crippen LogP contribution >= 0.6 is 0 Å². The van der Waals surface area contributed by atoms with E-state index < -0.39 is 0 Å². The molecule has 0 unspecified atom stereocenters. The summed E-state index contributed by atoms with van der Waals surface area (Å²) in [5.41, 5.74) is 0. The van der Waals surface area contributed by atoms with E-state index in [2.05, 4.69) is 11.0 Å². The monoisotopic (exact) mass is 303 g/mol. The first-order valence-corrected chi connectivity index (χ1v) is 7.48. The predicted molar refractivity (Wildman–Crippen MR) is 81.5 cm³/mol. The SMILES string of the molecule is N#CCCN1CCN(C(=O)CCOc2ccc(O)cc2)CC1. The van der Waals surface area contributed by atoms with Gasteiger partial charge in [0.25, 0.3) is 0 Å². The zero-order chi connectivity index (χ0) is 15.8. The van der Waals surface area contributed by atoms with Crippen molar-refractivity contribution < 1.29 is 14.6 Å². The van der Waals surface area contributed by atoms with Crippen LogP contribution in [0.25, 0.3) is 0 Å². The van der Waals surface area contributed by atoms with E-state index in [-0.39, 0.29) is 11.7 Å². The lowest BCUT2D eigenvalue weighted by Gasteiger charge is -2.34. The van der Waals surface area contributed by atoms with E-state index in [9.17, 15) is 9.90 Å². The van der Waals surface area contributed by atoms with Gasteiger partial charge in [0.2, 0.25) is 5.91 Å². The molecule has 0 atom stereocenters. The number of rotatable bonds is 6. The molecule has 6 nitrogen and oxygen atoms in total. The third-order valence-electron chi connectivity index (χ3n) is 3.69. The van der Waals surface area contributed by atoms with E-state index in [1.807, 2.05) is 4.90 Å². The van der Waals surface area contributed by atoms with Gasteiger partial charge >= 0.3 is 0 Å². The summed E-state index contributed by atoms with van der Waals surface area (Å²) < 4.78 is 5.49. The largest absolute Gasteiger partial charge is 0.508 e. The van der Waals surface area contributed by atoms with Gasteiger partial charge in [-0.25, -0.2) is 0 Å². The summed E-state index contributed by atoms with van der Waals surface area (Å²) >= 11 is 0. The van der Waals surface area contributed by atoms with Crippen molar-refractivity contribution in [3.05, 3.63) is 24.3 Å². The molecule has 1 N–H and O–H groups in total. The number of aromatic hydroxyl groups is 1. The van der Waals surface area contributed by atoms with Gasteiger partial charge in [0.05, 0.1) is 19.1 Å². The Bertz CT molecular complexity index is 516. The average molecular weight is 303 g/mol. The molecule has 1 aliphatic rings. The van der Waals surface area contributed by atoms with Crippen molar-refractivity contribution in [1.82, 2.24) is 9.80 Å². The van der Waals surface area contributed by atoms with Crippen LogP contribution in [0.3, 0.4) is 0 Å². The van der Waals surface area contributed by atoms with Gasteiger partial charge in [-0.1, -0.05) is 0 Å². The minimum absolute atomic E-state index is 0.0960. The minimum Gasteiger partial charge on any atom is -0.508 e. The maximum absolute atomic E-state index is 12.1. The van der Waals surface area contributed by atoms with Crippen LogP contribution in [0, 0.1) is 11.3 Å². The van der Waals surface area contributed by atoms with E-state index >= 15 is 0 Å². The lowest BCUT2D eigenvalue weighted by Crippen LogP contribution is -2.49. The number of hydrogen-bond acceptors (Lipinski definition) is 5. The Morgan fingerprint density at radius 2 is 1.91 bits per heavy atom. The van der Waals surface area contributed by atoms with Crippen LogP contribution in [0.1, 0.15) is 12.8 Å². The van der Waals surface area contributed by atoms with Gasteiger partial charge in [-0.15, -0.1) is 0 Å². The van der Waals surface area contributed by atoms with Crippen molar-refractivity contribution in [2.75, 3.05) is 39.3 Å². The van der Waals surface area contributed by atoms with Crippen molar-refractivity contribution in [3.63, 3.8) is 0 Å². The zero-order valence-corrected chi connectivity index (χ0v) is 12.6. The molecule has 0 spiro atoms. The maximum atomic E-state index is 12.1. The van der Waals surface area contributed by atoms with E-state index in [4.69, 9.17) is 10.00 Å². The summed E-state index contributed by atoms with van der Waals surface area (Å²) in [5.74, 6) is 0.934. The van der Waals surface area contributed by atoms with E-state index in [0.717, 1.165) is 19.6 Å². The molecular formula is C16H21N3O3. The van der Waals surface area contributed by atoms with Gasteiger partial charge in [-0.05, 0) is 24.3 Å². The molecule has 0 aliphatic carbocycles. The van der Waals surface area contributed by atoms with E-state index in [0.29, 0.717) is 38.3 Å². The number of hydrogen-bond donors (Lipinski definition) is 1. The highest BCUT2D eigenvalue weighted by atomic mass is 16.5. The second-order valence-electron chi connectivity index (χ2n) is 5.22. The van der Waals surface area contributed by atoms with Crippen LogP contribution < -0.4 is 4.74 Å². The second-order valence-corrected chi connectivity index (χ2v) is 5.22. The average Bonchev–Trinajstić information content (AvgIpc) is 2.55. The number of phenols is 1. The zero-order valence-electron chi connectivity index (χ0n) is 12.6. The number of nitriles is 1. The number of ether oxygens (including phenoxy) is 1. The second kappa shape index (κ2) is 8.25. The van der Waals surface area contributed by atoms with Gasteiger partial charge < -0.3 is 14.7 Å². The molecule has 2 rings (SSSR count). The Labute approximate surface area is 130 Å². The number of benzene rings is 1. The Balaban J connectivity index is 1.66. The number of amides is 1. The lowest BCUT2D eigenvalue weighted by atomic mass is 10.2. The first kappa shape index (κ1) is 16.1. The molecule has 1 amide bonds. The molecule has 0 saturated carbocycles. The number of nitrogens with zero attached hydrogens (tertiary/aromatic N) is 3. The van der Waals surface area contributed by atoms with Crippen molar-refractivity contribution in [1.29, 1.82) is 5.26 Å². The van der Waals surface area contributed by atoms with Crippen LogP contribution in [-0.2, 0) is 4.79 Å². The van der Waals surface area contributed by atoms with Gasteiger partial charge in [0, 0.05) is 39.1 Å². The third-order valence-corrected chi connectivity index (χ3v) is 3.69. The summed E-state index contributed by atoms with van der Waals surface area (Å²) in [6.07, 6.45) is 0.882. The Kier molecular flexibility index (Phi) is 6.04. The van der Waals surface area contributed by atoms with Gasteiger partial charge in [0.15, 0.2) is 0 Å². The standard InChI is InChI=1S/C16H21N3O3/c17-7-1-8-18-9-11-19(12-10-18)16(21)6-13-22-15-4-2-14(20)3-5-15/h2-5,20H,1,6,8-13H2. The summed E-state index contributed by atoms with van der Waals surface area (Å²) in [4.78, 5) is 16.2. The van der Waals surface area contributed by atoms with Gasteiger partial charge in [0.1, 0.15) is 11.5 Å². The Morgan fingerprint density at radius 3 is 2.55 bits per heavy atom. The molecule has 1 saturated heterocycles. The summed E-state index contributed by atoms with van der Waals surface area (Å²) in [7, 11) is 0. The summed E-state index contributed by atoms with van der Waals surface area (Å²) in [6.45, 7) is 4.19. The molecule has 118 valence electrons. The van der Waals surface area contributed by atoms with E-state index in [1.165, 1.54) is 0 Å². The fraction of sp³-hybridized carbons (Fsp3) is 0.500. The van der Waals surface area contributed by atoms with Crippen LogP contribution in [-0.4, -0.2) is 60.1 Å². The van der Waals surface area contributed by atoms with Gasteiger partial charge in [-0.2, -0.15) is 5.26 Å². The highest BCUT2D eigenvalue weighted by molar-refractivity contribution is 5.76. The smallest absolute Gasteiger partial charge is 0.226 e. The predicted octanol–water partition coefficient (Wildman–Crippen LogP) is 1.22. The first-order chi connectivity index (χ1) is 10.7. The molecule has 1 heterocycles. The molecular weight excluding hydrogens is 282 g/mol. The molecule has 1 aliphatic heterocycles. The first-order valence-electron chi connectivity index (χ1n) is 7.48. The van der Waals surface area contributed by atoms with Crippen molar-refractivity contribution in [3.8, 4) is 17.6 Å². The van der Waals surface area contributed by atoms with Crippen molar-refractivity contribution in [2.24, 2.45) is 0 Å². The maximum Gasteiger partial charge on any atom is 0.226 e. The van der Waals surface area contributed by atoms with Crippen LogP contribution in [0.5, 0.6) is 11.5 Å². The van der Waals surface area contributed by atoms with E-state index in [1.54, 1.807) is 24.3 Å².